The molecule has 2 aromatic carbocycles. The summed E-state index contributed by atoms with van der Waals surface area (Å²) in [5, 5.41) is 11.7. The number of amides is 1. The lowest BCUT2D eigenvalue weighted by atomic mass is 10.1. The van der Waals surface area contributed by atoms with E-state index in [2.05, 4.69) is 0 Å². The minimum absolute atomic E-state index is 0.124. The highest BCUT2D eigenvalue weighted by molar-refractivity contribution is 6.30. The van der Waals surface area contributed by atoms with E-state index in [9.17, 15) is 14.9 Å². The molecule has 0 N–H and O–H groups in total. The average Bonchev–Trinajstić information content (AvgIpc) is 2.67. The maximum absolute atomic E-state index is 12.5. The summed E-state index contributed by atoms with van der Waals surface area (Å²) >= 11 is 5.82. The number of carbonyl (C=O) groups is 1. The number of ether oxygens (including phenoxy) is 2. The molecule has 1 amide bonds. The predicted octanol–water partition coefficient (Wildman–Crippen LogP) is 4.19. The van der Waals surface area contributed by atoms with Gasteiger partial charge in [-0.05, 0) is 49.2 Å². The van der Waals surface area contributed by atoms with Crippen LogP contribution < -0.4 is 9.47 Å². The second-order valence-corrected chi connectivity index (χ2v) is 6.32. The van der Waals surface area contributed by atoms with Crippen LogP contribution in [0.25, 0.3) is 0 Å². The standard InChI is InChI=1S/C19H21ClN2O5/c1-21(11-3-4-12-27-16-8-6-15(20)7-9-16)19(23)14-5-10-18(26-2)17(13-14)22(24)25/h5-10,13H,3-4,11-12H2,1-2H3. The van der Waals surface area contributed by atoms with E-state index in [4.69, 9.17) is 21.1 Å². The molecule has 0 aliphatic rings. The number of hydrogen-bond acceptors (Lipinski definition) is 5. The van der Waals surface area contributed by atoms with Crippen LogP contribution in [0.15, 0.2) is 42.5 Å². The highest BCUT2D eigenvalue weighted by atomic mass is 35.5. The third kappa shape index (κ3) is 5.86. The number of carbonyl (C=O) groups excluding carboxylic acids is 1. The fourth-order valence-electron chi connectivity index (χ4n) is 2.46. The first-order chi connectivity index (χ1) is 12.9. The molecule has 27 heavy (non-hydrogen) atoms. The first-order valence-corrected chi connectivity index (χ1v) is 8.76. The van der Waals surface area contributed by atoms with Gasteiger partial charge in [-0.2, -0.15) is 0 Å². The maximum atomic E-state index is 12.5. The fraction of sp³-hybridized carbons (Fsp3) is 0.316. The summed E-state index contributed by atoms with van der Waals surface area (Å²) in [6, 6.07) is 11.3. The van der Waals surface area contributed by atoms with E-state index in [1.165, 1.54) is 30.2 Å². The Morgan fingerprint density at radius 1 is 1.19 bits per heavy atom. The summed E-state index contributed by atoms with van der Waals surface area (Å²) in [7, 11) is 3.01. The molecule has 0 spiro atoms. The minimum atomic E-state index is -0.566. The van der Waals surface area contributed by atoms with Gasteiger partial charge in [-0.3, -0.25) is 14.9 Å². The molecule has 0 heterocycles. The summed E-state index contributed by atoms with van der Waals surface area (Å²) < 4.78 is 10.6. The van der Waals surface area contributed by atoms with E-state index in [1.54, 1.807) is 31.3 Å². The van der Waals surface area contributed by atoms with Crippen molar-refractivity contribution in [2.24, 2.45) is 0 Å². The monoisotopic (exact) mass is 392 g/mol. The van der Waals surface area contributed by atoms with E-state index in [1.807, 2.05) is 0 Å². The predicted molar refractivity (Wildman–Crippen MR) is 103 cm³/mol. The second-order valence-electron chi connectivity index (χ2n) is 5.88. The quantitative estimate of drug-likeness (QED) is 0.363. The average molecular weight is 393 g/mol. The number of methoxy groups -OCH3 is 1. The van der Waals surface area contributed by atoms with Crippen molar-refractivity contribution in [2.75, 3.05) is 27.3 Å². The van der Waals surface area contributed by atoms with Gasteiger partial charge in [0.1, 0.15) is 5.75 Å². The molecule has 0 aliphatic carbocycles. The maximum Gasteiger partial charge on any atom is 0.311 e. The van der Waals surface area contributed by atoms with Gasteiger partial charge in [0.15, 0.2) is 5.75 Å². The Balaban J connectivity index is 1.82. The van der Waals surface area contributed by atoms with Crippen LogP contribution in [0.5, 0.6) is 11.5 Å². The Bertz CT molecular complexity index is 795. The number of nitro benzene ring substituents is 1. The molecule has 0 saturated carbocycles. The summed E-state index contributed by atoms with van der Waals surface area (Å²) in [6.07, 6.45) is 1.51. The Morgan fingerprint density at radius 3 is 2.52 bits per heavy atom. The van der Waals surface area contributed by atoms with Gasteiger partial charge in [-0.1, -0.05) is 11.6 Å². The second kappa shape index (κ2) is 9.78. The van der Waals surface area contributed by atoms with Gasteiger partial charge in [0.2, 0.25) is 0 Å². The van der Waals surface area contributed by atoms with Crippen molar-refractivity contribution >= 4 is 23.2 Å². The third-order valence-corrected chi connectivity index (χ3v) is 4.19. The molecule has 0 unspecified atom stereocenters. The van der Waals surface area contributed by atoms with E-state index < -0.39 is 4.92 Å². The van der Waals surface area contributed by atoms with Crippen LogP contribution in [0.3, 0.4) is 0 Å². The number of benzene rings is 2. The number of rotatable bonds is 9. The van der Waals surface area contributed by atoms with Gasteiger partial charge in [-0.15, -0.1) is 0 Å². The zero-order valence-corrected chi connectivity index (χ0v) is 15.9. The summed E-state index contributed by atoms with van der Waals surface area (Å²) in [5.74, 6) is 0.590. The molecule has 0 aromatic heterocycles. The Kier molecular flexibility index (Phi) is 7.43. The number of unbranched alkanes of at least 4 members (excludes halogenated alkanes) is 1. The van der Waals surface area contributed by atoms with Crippen LogP contribution in [-0.2, 0) is 0 Å². The molecule has 8 heteroatoms. The van der Waals surface area contributed by atoms with E-state index in [0.29, 0.717) is 18.2 Å². The van der Waals surface area contributed by atoms with Crippen molar-refractivity contribution in [2.45, 2.75) is 12.8 Å². The van der Waals surface area contributed by atoms with Crippen LogP contribution in [0.4, 0.5) is 5.69 Å². The van der Waals surface area contributed by atoms with Crippen LogP contribution >= 0.6 is 11.6 Å². The molecule has 2 rings (SSSR count). The number of halogens is 1. The van der Waals surface area contributed by atoms with Gasteiger partial charge >= 0.3 is 5.69 Å². The molecule has 2 aromatic rings. The molecule has 0 fully saturated rings. The van der Waals surface area contributed by atoms with Crippen LogP contribution in [0, 0.1) is 10.1 Å². The zero-order chi connectivity index (χ0) is 19.8. The Morgan fingerprint density at radius 2 is 1.89 bits per heavy atom. The van der Waals surface area contributed by atoms with E-state index in [-0.39, 0.29) is 22.9 Å². The number of nitrogens with zero attached hydrogens (tertiary/aromatic N) is 2. The van der Waals surface area contributed by atoms with Gasteiger partial charge in [0.05, 0.1) is 18.6 Å². The van der Waals surface area contributed by atoms with E-state index in [0.717, 1.165) is 18.6 Å². The molecule has 144 valence electrons. The van der Waals surface area contributed by atoms with Crippen molar-refractivity contribution in [1.29, 1.82) is 0 Å². The molecule has 0 radical (unpaired) electrons. The minimum Gasteiger partial charge on any atom is -0.494 e. The molecule has 0 saturated heterocycles. The SMILES string of the molecule is COc1ccc(C(=O)N(C)CCCCOc2ccc(Cl)cc2)cc1[N+](=O)[O-]. The van der Waals surface area contributed by atoms with Gasteiger partial charge < -0.3 is 14.4 Å². The van der Waals surface area contributed by atoms with Crippen LogP contribution in [-0.4, -0.2) is 43.0 Å². The first kappa shape index (κ1) is 20.5. The van der Waals surface area contributed by atoms with Gasteiger partial charge in [0.25, 0.3) is 5.91 Å². The van der Waals surface area contributed by atoms with Crippen molar-refractivity contribution in [1.82, 2.24) is 4.90 Å². The lowest BCUT2D eigenvalue weighted by Gasteiger charge is -2.17. The number of nitro groups is 1. The van der Waals surface area contributed by atoms with Gasteiger partial charge in [0, 0.05) is 30.2 Å². The van der Waals surface area contributed by atoms with Crippen molar-refractivity contribution in [3.63, 3.8) is 0 Å². The van der Waals surface area contributed by atoms with Crippen molar-refractivity contribution in [3.05, 3.63) is 63.2 Å². The Labute approximate surface area is 162 Å². The van der Waals surface area contributed by atoms with Gasteiger partial charge in [-0.25, -0.2) is 0 Å². The summed E-state index contributed by atoms with van der Waals surface area (Å²) in [4.78, 5) is 24.5. The lowest BCUT2D eigenvalue weighted by molar-refractivity contribution is -0.385. The number of hydrogen-bond donors (Lipinski definition) is 0. The van der Waals surface area contributed by atoms with Crippen LogP contribution in [0.2, 0.25) is 5.02 Å². The normalized spacial score (nSPS) is 10.3. The van der Waals surface area contributed by atoms with Crippen molar-refractivity contribution < 1.29 is 19.2 Å². The lowest BCUT2D eigenvalue weighted by Crippen LogP contribution is -2.28. The van der Waals surface area contributed by atoms with Crippen molar-refractivity contribution in [3.8, 4) is 11.5 Å². The smallest absolute Gasteiger partial charge is 0.311 e. The summed E-state index contributed by atoms with van der Waals surface area (Å²) in [5.41, 5.74) is 0.0236. The highest BCUT2D eigenvalue weighted by Gasteiger charge is 2.19. The molecule has 7 nitrogen and oxygen atoms in total. The fourth-order valence-corrected chi connectivity index (χ4v) is 2.59. The molecular formula is C19H21ClN2O5. The first-order valence-electron chi connectivity index (χ1n) is 8.38. The zero-order valence-electron chi connectivity index (χ0n) is 15.2. The highest BCUT2D eigenvalue weighted by Crippen LogP contribution is 2.28. The largest absolute Gasteiger partial charge is 0.494 e. The third-order valence-electron chi connectivity index (χ3n) is 3.94. The Hall–Kier alpha value is -2.80. The molecule has 0 atom stereocenters. The molecule has 0 bridgehead atoms. The molecular weight excluding hydrogens is 372 g/mol. The summed E-state index contributed by atoms with van der Waals surface area (Å²) in [6.45, 7) is 1.04. The van der Waals surface area contributed by atoms with Crippen LogP contribution in [0.1, 0.15) is 23.2 Å². The van der Waals surface area contributed by atoms with E-state index >= 15 is 0 Å². The molecule has 0 aliphatic heterocycles. The topological polar surface area (TPSA) is 81.9 Å².